The summed E-state index contributed by atoms with van der Waals surface area (Å²) in [7, 11) is -6.97. The van der Waals surface area contributed by atoms with Crippen molar-refractivity contribution in [2.24, 2.45) is 4.58 Å². The number of carbonyl (C=O) groups is 2. The number of thiazole rings is 1. The number of methoxy groups -OCH3 is 1. The maximum atomic E-state index is 13.6. The monoisotopic (exact) mass is 705 g/mol. The van der Waals surface area contributed by atoms with Crippen molar-refractivity contribution in [2.75, 3.05) is 11.8 Å². The second kappa shape index (κ2) is 15.3. The fourth-order valence-electron chi connectivity index (χ4n) is 4.31. The quantitative estimate of drug-likeness (QED) is 0.158. The fourth-order valence-corrected chi connectivity index (χ4v) is 7.39. The van der Waals surface area contributed by atoms with Gasteiger partial charge < -0.3 is 15.4 Å². The topological polar surface area (TPSA) is 190 Å². The molecule has 0 fully saturated rings. The van der Waals surface area contributed by atoms with Crippen molar-refractivity contribution in [3.63, 3.8) is 0 Å². The summed E-state index contributed by atoms with van der Waals surface area (Å²) in [6.07, 6.45) is -0.511. The summed E-state index contributed by atoms with van der Waals surface area (Å²) in [5.74, 6) is -0.941. The number of halogens is 1. The van der Waals surface area contributed by atoms with Gasteiger partial charge in [-0.15, -0.1) is 16.2 Å². The van der Waals surface area contributed by atoms with Crippen LogP contribution in [0.15, 0.2) is 93.7 Å². The van der Waals surface area contributed by atoms with Crippen LogP contribution in [0.2, 0.25) is 5.02 Å². The summed E-state index contributed by atoms with van der Waals surface area (Å²) in [5, 5.41) is 7.77. The first kappa shape index (κ1) is 34.5. The van der Waals surface area contributed by atoms with Gasteiger partial charge in [0.05, 0.1) is 34.0 Å². The van der Waals surface area contributed by atoms with Crippen LogP contribution in [0.5, 0.6) is 0 Å². The van der Waals surface area contributed by atoms with Crippen LogP contribution in [-0.2, 0) is 48.2 Å². The van der Waals surface area contributed by atoms with E-state index in [4.69, 9.17) is 16.3 Å². The zero-order valence-electron chi connectivity index (χ0n) is 24.1. The number of alkyl carbamates (subject to hydrolysis) is 1. The number of amides is 2. The molecular formula is C29H28ClN5O8S3. The smallest absolute Gasteiger partial charge is 0.407 e. The third-order valence-electron chi connectivity index (χ3n) is 6.54. The van der Waals surface area contributed by atoms with E-state index in [1.165, 1.54) is 43.5 Å². The van der Waals surface area contributed by atoms with Gasteiger partial charge >= 0.3 is 16.3 Å². The number of sulfone groups is 1. The maximum Gasteiger partial charge on any atom is 0.407 e. The van der Waals surface area contributed by atoms with E-state index >= 15 is 0 Å². The van der Waals surface area contributed by atoms with Gasteiger partial charge in [-0.2, -0.15) is 8.42 Å². The second-order valence-corrected chi connectivity index (χ2v) is 14.5. The highest BCUT2D eigenvalue weighted by Gasteiger charge is 2.27. The molecule has 4 aromatic rings. The highest BCUT2D eigenvalue weighted by molar-refractivity contribution is 7.91. The molecule has 3 aromatic carbocycles. The molecule has 242 valence electrons. The average Bonchev–Trinajstić information content (AvgIpc) is 3.49. The van der Waals surface area contributed by atoms with Crippen molar-refractivity contribution in [2.45, 2.75) is 35.6 Å². The Bertz CT molecular complexity index is 1890. The number of ether oxygens (including phenoxy) is 1. The number of hydrogen-bond acceptors (Lipinski definition) is 10. The van der Waals surface area contributed by atoms with Gasteiger partial charge in [0.15, 0.2) is 9.84 Å². The third-order valence-corrected chi connectivity index (χ3v) is 10.2. The van der Waals surface area contributed by atoms with Gasteiger partial charge in [-0.3, -0.25) is 9.52 Å². The third kappa shape index (κ3) is 9.81. The Labute approximate surface area is 274 Å². The lowest BCUT2D eigenvalue weighted by atomic mass is 10.0. The molecule has 0 saturated heterocycles. The lowest BCUT2D eigenvalue weighted by Crippen LogP contribution is -2.49. The Balaban J connectivity index is 1.61. The second-order valence-electron chi connectivity index (χ2n) is 9.87. The Morgan fingerprint density at radius 3 is 2.20 bits per heavy atom. The molecule has 17 heteroatoms. The van der Waals surface area contributed by atoms with Crippen LogP contribution < -0.4 is 15.4 Å². The van der Waals surface area contributed by atoms with Gasteiger partial charge in [-0.05, 0) is 53.9 Å². The van der Waals surface area contributed by atoms with Crippen LogP contribution in [-0.4, -0.2) is 47.0 Å². The van der Waals surface area contributed by atoms with Crippen molar-refractivity contribution < 1.29 is 31.2 Å². The highest BCUT2D eigenvalue weighted by Crippen LogP contribution is 2.26. The van der Waals surface area contributed by atoms with Crippen LogP contribution in [0, 0.1) is 4.91 Å². The predicted molar refractivity (Wildman–Crippen MR) is 173 cm³/mol. The van der Waals surface area contributed by atoms with Gasteiger partial charge in [0, 0.05) is 16.8 Å². The van der Waals surface area contributed by atoms with Gasteiger partial charge in [0.2, 0.25) is 5.91 Å². The molecule has 4 rings (SSSR count). The summed E-state index contributed by atoms with van der Waals surface area (Å²) < 4.78 is 57.9. The van der Waals surface area contributed by atoms with E-state index < -0.39 is 44.1 Å². The molecule has 0 aliphatic carbocycles. The number of hydrogen-bond donors (Lipinski definition) is 3. The molecule has 0 saturated carbocycles. The molecule has 13 nitrogen and oxygen atoms in total. The SMILES string of the molecule is COC(=O)N[C@@H](Cc1ccccc1)C(=O)N[C@@H](Cc1ccc(NS(=O)(=O)N=O)cc1)c1csc(CS(=O)(=O)c2ccc(Cl)cc2)n1. The van der Waals surface area contributed by atoms with Crippen molar-refractivity contribution in [1.29, 1.82) is 0 Å². The average molecular weight is 706 g/mol. The minimum atomic E-state index is -4.40. The predicted octanol–water partition coefficient (Wildman–Crippen LogP) is 4.56. The minimum Gasteiger partial charge on any atom is -0.453 e. The van der Waals surface area contributed by atoms with Gasteiger partial charge in [0.1, 0.15) is 16.8 Å². The first-order valence-electron chi connectivity index (χ1n) is 13.4. The van der Waals surface area contributed by atoms with Crippen LogP contribution >= 0.6 is 22.9 Å². The van der Waals surface area contributed by atoms with E-state index in [2.05, 4.69) is 20.2 Å². The Hall–Kier alpha value is -4.38. The normalized spacial score (nSPS) is 12.8. The standard InChI is InChI=1S/C29H28ClN5O8S3/c1-43-29(37)33-25(16-19-5-3-2-4-6-19)28(36)32-24(15-20-7-11-22(12-8-20)34-46(41,42)35-38)26-17-44-27(31-26)18-45(39,40)23-13-9-21(30)10-14-23/h2-14,17,24-25,34H,15-16,18H2,1H3,(H,32,36)(H,33,37)/t24-,25-/m0/s1. The molecule has 0 spiro atoms. The zero-order chi connectivity index (χ0) is 33.3. The lowest BCUT2D eigenvalue weighted by Gasteiger charge is -2.23. The van der Waals surface area contributed by atoms with Crippen LogP contribution in [0.3, 0.4) is 0 Å². The van der Waals surface area contributed by atoms with Crippen molar-refractivity contribution in [3.8, 4) is 0 Å². The summed E-state index contributed by atoms with van der Waals surface area (Å²) >= 11 is 7.00. The molecule has 0 radical (unpaired) electrons. The van der Waals surface area contributed by atoms with Gasteiger partial charge in [-0.1, -0.05) is 54.1 Å². The Morgan fingerprint density at radius 2 is 1.57 bits per heavy atom. The number of benzene rings is 3. The molecule has 2 atom stereocenters. The molecule has 0 bridgehead atoms. The molecule has 0 aliphatic rings. The number of nitrogens with zero attached hydrogens (tertiary/aromatic N) is 2. The fraction of sp³-hybridized carbons (Fsp3) is 0.207. The van der Waals surface area contributed by atoms with E-state index in [9.17, 15) is 31.3 Å². The van der Waals surface area contributed by atoms with Crippen LogP contribution in [0.4, 0.5) is 10.5 Å². The first-order valence-corrected chi connectivity index (χ1v) is 17.8. The van der Waals surface area contributed by atoms with Crippen molar-refractivity contribution >= 4 is 60.7 Å². The summed E-state index contributed by atoms with van der Waals surface area (Å²) in [6, 6.07) is 19.0. The molecular weight excluding hydrogens is 678 g/mol. The van der Waals surface area contributed by atoms with Gasteiger partial charge in [0.25, 0.3) is 0 Å². The molecule has 0 aliphatic heterocycles. The number of anilines is 1. The van der Waals surface area contributed by atoms with E-state index in [1.807, 2.05) is 10.8 Å². The number of nitroso groups, excluding NO2 is 1. The first-order chi connectivity index (χ1) is 21.9. The van der Waals surface area contributed by atoms with E-state index in [0.29, 0.717) is 16.3 Å². The Morgan fingerprint density at radius 1 is 0.913 bits per heavy atom. The molecule has 2 amide bonds. The zero-order valence-corrected chi connectivity index (χ0v) is 27.3. The maximum absolute atomic E-state index is 13.6. The summed E-state index contributed by atoms with van der Waals surface area (Å²) in [4.78, 5) is 40.9. The molecule has 3 N–H and O–H groups in total. The summed E-state index contributed by atoms with van der Waals surface area (Å²) in [5.41, 5.74) is 1.88. The van der Waals surface area contributed by atoms with E-state index in [0.717, 1.165) is 16.9 Å². The van der Waals surface area contributed by atoms with Gasteiger partial charge in [-0.25, -0.2) is 18.2 Å². The Kier molecular flexibility index (Phi) is 11.4. The molecule has 0 unspecified atom stereocenters. The largest absolute Gasteiger partial charge is 0.453 e. The van der Waals surface area contributed by atoms with Crippen molar-refractivity contribution in [1.82, 2.24) is 15.6 Å². The molecule has 1 aromatic heterocycles. The number of carbonyl (C=O) groups excluding carboxylic acids is 2. The minimum absolute atomic E-state index is 0.0802. The van der Waals surface area contributed by atoms with E-state index in [-0.39, 0.29) is 34.2 Å². The van der Waals surface area contributed by atoms with Crippen LogP contribution in [0.25, 0.3) is 0 Å². The van der Waals surface area contributed by atoms with Crippen molar-refractivity contribution in [3.05, 3.63) is 116 Å². The van der Waals surface area contributed by atoms with Crippen LogP contribution in [0.1, 0.15) is 27.9 Å². The number of rotatable bonds is 14. The van der Waals surface area contributed by atoms with E-state index in [1.54, 1.807) is 41.8 Å². The number of nitrogens with one attached hydrogen (secondary N) is 3. The molecule has 1 heterocycles. The summed E-state index contributed by atoms with van der Waals surface area (Å²) in [6.45, 7) is 0. The lowest BCUT2D eigenvalue weighted by molar-refractivity contribution is -0.123. The highest BCUT2D eigenvalue weighted by atomic mass is 35.5. The number of aromatic nitrogens is 1. The molecule has 46 heavy (non-hydrogen) atoms.